The molecule has 0 spiro atoms. The Labute approximate surface area is 168 Å². The summed E-state index contributed by atoms with van der Waals surface area (Å²) in [4.78, 5) is 12.2. The van der Waals surface area contributed by atoms with Crippen molar-refractivity contribution in [1.82, 2.24) is 4.72 Å². The molecular weight excluding hydrogens is 411 g/mol. The molecule has 2 aromatic carbocycles. The molecule has 0 aliphatic heterocycles. The predicted molar refractivity (Wildman–Crippen MR) is 107 cm³/mol. The smallest absolute Gasteiger partial charge is 0.262 e. The average Bonchev–Trinajstić information content (AvgIpc) is 2.62. The largest absolute Gasteiger partial charge is 0.483 e. The number of ether oxygens (including phenoxy) is 1. The van der Waals surface area contributed by atoms with E-state index in [1.54, 1.807) is 19.1 Å². The highest BCUT2D eigenvalue weighted by Crippen LogP contribution is 2.26. The predicted octanol–water partition coefficient (Wildman–Crippen LogP) is 4.01. The van der Waals surface area contributed by atoms with Gasteiger partial charge in [0.15, 0.2) is 6.61 Å². The van der Waals surface area contributed by atoms with Crippen molar-refractivity contribution in [1.29, 1.82) is 0 Å². The second-order valence-electron chi connectivity index (χ2n) is 5.79. The Bertz CT molecular complexity index is 933. The maximum absolute atomic E-state index is 12.1. The lowest BCUT2D eigenvalue weighted by molar-refractivity contribution is -0.118. The molecule has 0 aliphatic carbocycles. The molecule has 6 nitrogen and oxygen atoms in total. The van der Waals surface area contributed by atoms with E-state index < -0.39 is 15.9 Å². The van der Waals surface area contributed by atoms with Gasteiger partial charge in [0.2, 0.25) is 10.0 Å². The molecule has 0 saturated carbocycles. The molecule has 0 unspecified atom stereocenters. The van der Waals surface area contributed by atoms with E-state index in [0.717, 1.165) is 0 Å². The summed E-state index contributed by atoms with van der Waals surface area (Å²) in [5, 5.41) is 3.42. The zero-order valence-corrected chi connectivity index (χ0v) is 17.2. The number of carbonyl (C=O) groups excluding carboxylic acids is 1. The Morgan fingerprint density at radius 3 is 2.56 bits per heavy atom. The van der Waals surface area contributed by atoms with Crippen molar-refractivity contribution in [2.24, 2.45) is 0 Å². The lowest BCUT2D eigenvalue weighted by Crippen LogP contribution is -2.24. The van der Waals surface area contributed by atoms with Crippen molar-refractivity contribution in [3.8, 4) is 5.75 Å². The number of rotatable bonds is 8. The molecule has 0 saturated heterocycles. The average molecular weight is 431 g/mol. The second-order valence-corrected chi connectivity index (χ2v) is 8.40. The molecule has 0 aliphatic rings. The van der Waals surface area contributed by atoms with E-state index in [4.69, 9.17) is 27.9 Å². The molecule has 146 valence electrons. The van der Waals surface area contributed by atoms with Crippen LogP contribution in [0.1, 0.15) is 18.9 Å². The van der Waals surface area contributed by atoms with Gasteiger partial charge >= 0.3 is 0 Å². The van der Waals surface area contributed by atoms with Gasteiger partial charge in [-0.15, -0.1) is 0 Å². The summed E-state index contributed by atoms with van der Waals surface area (Å²) in [5.74, 6) is -0.00309. The van der Waals surface area contributed by atoms with Gasteiger partial charge in [-0.3, -0.25) is 4.79 Å². The van der Waals surface area contributed by atoms with Crippen molar-refractivity contribution in [3.63, 3.8) is 0 Å². The van der Waals surface area contributed by atoms with Crippen LogP contribution >= 0.6 is 23.2 Å². The number of amides is 1. The third-order valence-corrected chi connectivity index (χ3v) is 5.58. The van der Waals surface area contributed by atoms with Crippen molar-refractivity contribution in [2.75, 3.05) is 18.5 Å². The van der Waals surface area contributed by atoms with Crippen LogP contribution in [0.3, 0.4) is 0 Å². The maximum Gasteiger partial charge on any atom is 0.262 e. The van der Waals surface area contributed by atoms with Gasteiger partial charge < -0.3 is 10.1 Å². The quantitative estimate of drug-likeness (QED) is 0.662. The fourth-order valence-corrected chi connectivity index (χ4v) is 3.75. The van der Waals surface area contributed by atoms with Crippen LogP contribution in [0.5, 0.6) is 5.75 Å². The number of anilines is 1. The number of nitrogens with one attached hydrogen (secondary N) is 2. The number of sulfonamides is 1. The van der Waals surface area contributed by atoms with Crippen LogP contribution in [-0.2, 0) is 14.8 Å². The summed E-state index contributed by atoms with van der Waals surface area (Å²) >= 11 is 11.9. The Hall–Kier alpha value is -1.80. The van der Waals surface area contributed by atoms with Crippen molar-refractivity contribution >= 4 is 44.8 Å². The fourth-order valence-electron chi connectivity index (χ4n) is 2.19. The van der Waals surface area contributed by atoms with Gasteiger partial charge in [-0.25, -0.2) is 13.1 Å². The summed E-state index contributed by atoms with van der Waals surface area (Å²) < 4.78 is 32.3. The lowest BCUT2D eigenvalue weighted by atomic mass is 10.2. The Kier molecular flexibility index (Phi) is 7.49. The standard InChI is InChI=1S/C18H20Cl2N2O4S/c1-3-8-21-27(24,25)14-5-7-17(12(2)9-14)26-11-18(23)22-16-10-13(19)4-6-15(16)20/h4-7,9-10,21H,3,8,11H2,1-2H3,(H,22,23). The maximum atomic E-state index is 12.1. The Morgan fingerprint density at radius 2 is 1.89 bits per heavy atom. The third kappa shape index (κ3) is 6.10. The topological polar surface area (TPSA) is 84.5 Å². The highest BCUT2D eigenvalue weighted by atomic mass is 35.5. The first-order valence-corrected chi connectivity index (χ1v) is 10.4. The molecule has 27 heavy (non-hydrogen) atoms. The van der Waals surface area contributed by atoms with Crippen molar-refractivity contribution in [3.05, 3.63) is 52.0 Å². The fraction of sp³-hybridized carbons (Fsp3) is 0.278. The van der Waals surface area contributed by atoms with Crippen molar-refractivity contribution < 1.29 is 17.9 Å². The van der Waals surface area contributed by atoms with E-state index in [9.17, 15) is 13.2 Å². The van der Waals surface area contributed by atoms with E-state index in [1.165, 1.54) is 24.3 Å². The minimum Gasteiger partial charge on any atom is -0.483 e. The van der Waals surface area contributed by atoms with E-state index in [2.05, 4.69) is 10.0 Å². The third-order valence-electron chi connectivity index (χ3n) is 3.56. The van der Waals surface area contributed by atoms with Gasteiger partial charge in [-0.05, 0) is 55.3 Å². The van der Waals surface area contributed by atoms with Crippen LogP contribution in [0.4, 0.5) is 5.69 Å². The van der Waals surface area contributed by atoms with Crippen LogP contribution in [0.15, 0.2) is 41.3 Å². The zero-order chi connectivity index (χ0) is 20.0. The van der Waals surface area contributed by atoms with Crippen LogP contribution in [0.2, 0.25) is 10.0 Å². The van der Waals surface area contributed by atoms with Crippen LogP contribution in [-0.4, -0.2) is 27.5 Å². The molecule has 0 aromatic heterocycles. The Morgan fingerprint density at radius 1 is 1.15 bits per heavy atom. The summed E-state index contributed by atoms with van der Waals surface area (Å²) in [7, 11) is -3.55. The number of hydrogen-bond acceptors (Lipinski definition) is 4. The van der Waals surface area contributed by atoms with E-state index >= 15 is 0 Å². The molecule has 0 fully saturated rings. The van der Waals surface area contributed by atoms with E-state index in [1.807, 2.05) is 6.92 Å². The molecule has 2 aromatic rings. The van der Waals surface area contributed by atoms with Crippen LogP contribution in [0, 0.1) is 6.92 Å². The molecule has 1 amide bonds. The molecule has 2 N–H and O–H groups in total. The number of hydrogen-bond donors (Lipinski definition) is 2. The van der Waals surface area contributed by atoms with Gasteiger partial charge in [-0.1, -0.05) is 30.1 Å². The first kappa shape index (κ1) is 21.5. The minimum absolute atomic E-state index is 0.149. The number of benzene rings is 2. The van der Waals surface area contributed by atoms with Crippen LogP contribution < -0.4 is 14.8 Å². The highest BCUT2D eigenvalue weighted by Gasteiger charge is 2.15. The summed E-state index contributed by atoms with van der Waals surface area (Å²) in [5.41, 5.74) is 0.987. The number of halogens is 2. The molecule has 9 heteroatoms. The molecular formula is C18H20Cl2N2O4S. The minimum atomic E-state index is -3.55. The first-order valence-electron chi connectivity index (χ1n) is 8.21. The second kappa shape index (κ2) is 9.41. The molecule has 2 rings (SSSR count). The van der Waals surface area contributed by atoms with Gasteiger partial charge in [0.1, 0.15) is 5.75 Å². The first-order chi connectivity index (χ1) is 12.7. The molecule has 0 bridgehead atoms. The molecule has 0 heterocycles. The van der Waals surface area contributed by atoms with E-state index in [0.29, 0.717) is 40.0 Å². The van der Waals surface area contributed by atoms with Crippen LogP contribution in [0.25, 0.3) is 0 Å². The monoisotopic (exact) mass is 430 g/mol. The summed E-state index contributed by atoms with van der Waals surface area (Å²) in [6.45, 7) is 3.70. The number of carbonyl (C=O) groups is 1. The SMILES string of the molecule is CCCNS(=O)(=O)c1ccc(OCC(=O)Nc2cc(Cl)ccc2Cl)c(C)c1. The van der Waals surface area contributed by atoms with Gasteiger partial charge in [0, 0.05) is 11.6 Å². The zero-order valence-electron chi connectivity index (χ0n) is 14.9. The normalized spacial score (nSPS) is 11.3. The summed E-state index contributed by atoms with van der Waals surface area (Å²) in [6.07, 6.45) is 0.700. The van der Waals surface area contributed by atoms with E-state index in [-0.39, 0.29) is 11.5 Å². The summed E-state index contributed by atoms with van der Waals surface area (Å²) in [6, 6.07) is 9.19. The van der Waals surface area contributed by atoms with Gasteiger partial charge in [0.25, 0.3) is 5.91 Å². The highest BCUT2D eigenvalue weighted by molar-refractivity contribution is 7.89. The molecule has 0 radical (unpaired) electrons. The van der Waals surface area contributed by atoms with Gasteiger partial charge in [-0.2, -0.15) is 0 Å². The Balaban J connectivity index is 2.01. The lowest BCUT2D eigenvalue weighted by Gasteiger charge is -2.12. The van der Waals surface area contributed by atoms with Gasteiger partial charge in [0.05, 0.1) is 15.6 Å². The number of aryl methyl sites for hydroxylation is 1. The molecule has 0 atom stereocenters. The van der Waals surface area contributed by atoms with Crippen molar-refractivity contribution in [2.45, 2.75) is 25.2 Å².